The fourth-order valence-corrected chi connectivity index (χ4v) is 4.66. The molecule has 2 aromatic rings. The summed E-state index contributed by atoms with van der Waals surface area (Å²) in [5, 5.41) is 3.73. The zero-order valence-corrected chi connectivity index (χ0v) is 16.2. The van der Waals surface area contributed by atoms with E-state index < -0.39 is 0 Å². The Kier molecular flexibility index (Phi) is 4.38. The third kappa shape index (κ3) is 2.79. The molecule has 0 bridgehead atoms. The lowest BCUT2D eigenvalue weighted by Crippen LogP contribution is -2.29. The predicted molar refractivity (Wildman–Crippen MR) is 102 cm³/mol. The van der Waals surface area contributed by atoms with Crippen LogP contribution in [0.4, 0.5) is 5.69 Å². The molecule has 2 aliphatic rings. The Morgan fingerprint density at radius 3 is 2.76 bits per heavy atom. The number of ether oxygens (including phenoxy) is 3. The molecule has 2 aromatic carbocycles. The topological polar surface area (TPSA) is 39.7 Å². The Bertz CT molecular complexity index is 808. The molecule has 3 atom stereocenters. The van der Waals surface area contributed by atoms with Gasteiger partial charge in [0.1, 0.15) is 0 Å². The Morgan fingerprint density at radius 1 is 1.16 bits per heavy atom. The summed E-state index contributed by atoms with van der Waals surface area (Å²) in [6.07, 6.45) is 1.19. The molecule has 0 aromatic heterocycles. The number of methoxy groups -OCH3 is 2. The summed E-state index contributed by atoms with van der Waals surface area (Å²) in [5.74, 6) is 1.86. The minimum atomic E-state index is 0.146. The first-order valence-electron chi connectivity index (χ1n) is 8.52. The first-order chi connectivity index (χ1) is 12.1. The molecule has 1 N–H and O–H groups in total. The number of halogens is 1. The highest BCUT2D eigenvalue weighted by Crippen LogP contribution is 2.51. The lowest BCUT2D eigenvalue weighted by atomic mass is 9.80. The Labute approximate surface area is 156 Å². The zero-order valence-electron chi connectivity index (χ0n) is 14.6. The summed E-state index contributed by atoms with van der Waals surface area (Å²) < 4.78 is 18.0. The van der Waals surface area contributed by atoms with Gasteiger partial charge in [-0.15, -0.1) is 0 Å². The van der Waals surface area contributed by atoms with Crippen LogP contribution >= 0.6 is 15.9 Å². The van der Waals surface area contributed by atoms with Crippen LogP contribution in [0.1, 0.15) is 35.3 Å². The van der Waals surface area contributed by atoms with E-state index in [0.29, 0.717) is 5.92 Å². The van der Waals surface area contributed by atoms with Crippen LogP contribution in [-0.4, -0.2) is 20.8 Å². The van der Waals surface area contributed by atoms with Crippen LogP contribution < -0.4 is 14.8 Å². The molecular weight excluding hydrogens is 382 g/mol. The molecular formula is C20H22BrNO3. The second-order valence-electron chi connectivity index (χ2n) is 6.69. The Balaban J connectivity index is 1.78. The van der Waals surface area contributed by atoms with Crippen LogP contribution in [0.25, 0.3) is 0 Å². The van der Waals surface area contributed by atoms with Gasteiger partial charge in [-0.3, -0.25) is 0 Å². The van der Waals surface area contributed by atoms with E-state index in [9.17, 15) is 0 Å². The van der Waals surface area contributed by atoms with Crippen molar-refractivity contribution < 1.29 is 14.2 Å². The van der Waals surface area contributed by atoms with Crippen molar-refractivity contribution in [3.05, 3.63) is 51.5 Å². The molecule has 132 valence electrons. The SMILES string of the molecule is COc1cc([C@H]2Nc3ccc(C)cc3[C@H]3OCC[C@@H]23)cc(Br)c1OC. The van der Waals surface area contributed by atoms with E-state index in [2.05, 4.69) is 58.5 Å². The van der Waals surface area contributed by atoms with Crippen LogP contribution in [0.15, 0.2) is 34.8 Å². The number of rotatable bonds is 3. The third-order valence-electron chi connectivity index (χ3n) is 5.21. The molecule has 0 saturated carbocycles. The molecule has 0 aliphatic carbocycles. The van der Waals surface area contributed by atoms with Gasteiger partial charge in [-0.25, -0.2) is 0 Å². The normalized spacial score (nSPS) is 24.2. The lowest BCUT2D eigenvalue weighted by molar-refractivity contribution is 0.0828. The molecule has 25 heavy (non-hydrogen) atoms. The Morgan fingerprint density at radius 2 is 2.00 bits per heavy atom. The van der Waals surface area contributed by atoms with Crippen molar-refractivity contribution in [3.63, 3.8) is 0 Å². The molecule has 1 fully saturated rings. The highest BCUT2D eigenvalue weighted by molar-refractivity contribution is 9.10. The minimum absolute atomic E-state index is 0.146. The predicted octanol–water partition coefficient (Wildman–Crippen LogP) is 5.02. The van der Waals surface area contributed by atoms with Gasteiger partial charge in [0.2, 0.25) is 0 Å². The second kappa shape index (κ2) is 6.54. The smallest absolute Gasteiger partial charge is 0.174 e. The molecule has 0 spiro atoms. The maximum absolute atomic E-state index is 6.11. The average molecular weight is 404 g/mol. The van der Waals surface area contributed by atoms with Gasteiger partial charge in [0.25, 0.3) is 0 Å². The first kappa shape index (κ1) is 16.7. The molecule has 0 amide bonds. The van der Waals surface area contributed by atoms with E-state index in [1.165, 1.54) is 16.7 Å². The molecule has 2 heterocycles. The molecule has 2 aliphatic heterocycles. The van der Waals surface area contributed by atoms with Crippen molar-refractivity contribution in [1.29, 1.82) is 0 Å². The standard InChI is InChI=1S/C20H22BrNO3/c1-11-4-5-16-14(8-11)19-13(6-7-25-19)18(22-16)12-9-15(21)20(24-3)17(10-12)23-2/h4-5,8-10,13,18-19,22H,6-7H2,1-3H3/t13-,18+,19-/m0/s1. The molecule has 1 saturated heterocycles. The number of hydrogen-bond donors (Lipinski definition) is 1. The average Bonchev–Trinajstić information content (AvgIpc) is 3.10. The number of benzene rings is 2. The van der Waals surface area contributed by atoms with Crippen molar-refractivity contribution >= 4 is 21.6 Å². The number of nitrogens with one attached hydrogen (secondary N) is 1. The van der Waals surface area contributed by atoms with E-state index in [1.807, 2.05) is 0 Å². The minimum Gasteiger partial charge on any atom is -0.493 e. The zero-order chi connectivity index (χ0) is 17.6. The molecule has 5 heteroatoms. The quantitative estimate of drug-likeness (QED) is 0.780. The summed E-state index contributed by atoms with van der Waals surface area (Å²) in [5.41, 5.74) is 4.88. The van der Waals surface area contributed by atoms with Crippen molar-refractivity contribution in [1.82, 2.24) is 0 Å². The van der Waals surface area contributed by atoms with Gasteiger partial charge in [0, 0.05) is 23.8 Å². The van der Waals surface area contributed by atoms with E-state index in [1.54, 1.807) is 14.2 Å². The largest absolute Gasteiger partial charge is 0.493 e. The summed E-state index contributed by atoms with van der Waals surface area (Å²) in [6, 6.07) is 10.9. The fourth-order valence-electron chi connectivity index (χ4n) is 4.04. The third-order valence-corrected chi connectivity index (χ3v) is 5.79. The molecule has 0 unspecified atom stereocenters. The maximum Gasteiger partial charge on any atom is 0.174 e. The summed E-state index contributed by atoms with van der Waals surface area (Å²) in [7, 11) is 3.32. The number of anilines is 1. The molecule has 4 rings (SSSR count). The highest BCUT2D eigenvalue weighted by Gasteiger charge is 2.41. The van der Waals surface area contributed by atoms with Crippen molar-refractivity contribution in [2.75, 3.05) is 26.1 Å². The van der Waals surface area contributed by atoms with Crippen LogP contribution in [0.5, 0.6) is 11.5 Å². The second-order valence-corrected chi connectivity index (χ2v) is 7.55. The summed E-state index contributed by atoms with van der Waals surface area (Å²) >= 11 is 3.62. The van der Waals surface area contributed by atoms with Crippen molar-refractivity contribution in [3.8, 4) is 11.5 Å². The van der Waals surface area contributed by atoms with Gasteiger partial charge >= 0.3 is 0 Å². The number of aryl methyl sites for hydroxylation is 1. The van der Waals surface area contributed by atoms with E-state index in [4.69, 9.17) is 14.2 Å². The highest BCUT2D eigenvalue weighted by atomic mass is 79.9. The van der Waals surface area contributed by atoms with Crippen LogP contribution in [-0.2, 0) is 4.74 Å². The van der Waals surface area contributed by atoms with Gasteiger partial charge in [0.15, 0.2) is 11.5 Å². The summed E-state index contributed by atoms with van der Waals surface area (Å²) in [4.78, 5) is 0. The molecule has 0 radical (unpaired) electrons. The van der Waals surface area contributed by atoms with Gasteiger partial charge < -0.3 is 19.5 Å². The number of hydrogen-bond acceptors (Lipinski definition) is 4. The van der Waals surface area contributed by atoms with Crippen LogP contribution in [0.2, 0.25) is 0 Å². The van der Waals surface area contributed by atoms with Gasteiger partial charge in [-0.2, -0.15) is 0 Å². The fraction of sp³-hybridized carbons (Fsp3) is 0.400. The van der Waals surface area contributed by atoms with E-state index in [0.717, 1.165) is 34.7 Å². The number of fused-ring (bicyclic) bond motifs is 3. The Hall–Kier alpha value is -1.72. The summed E-state index contributed by atoms with van der Waals surface area (Å²) in [6.45, 7) is 2.93. The van der Waals surface area contributed by atoms with Gasteiger partial charge in [0.05, 0.1) is 30.8 Å². The van der Waals surface area contributed by atoms with Crippen molar-refractivity contribution in [2.45, 2.75) is 25.5 Å². The van der Waals surface area contributed by atoms with Crippen LogP contribution in [0.3, 0.4) is 0 Å². The van der Waals surface area contributed by atoms with Crippen molar-refractivity contribution in [2.24, 2.45) is 5.92 Å². The maximum atomic E-state index is 6.11. The first-order valence-corrected chi connectivity index (χ1v) is 9.31. The van der Waals surface area contributed by atoms with Crippen LogP contribution in [0, 0.1) is 12.8 Å². The van der Waals surface area contributed by atoms with E-state index >= 15 is 0 Å². The van der Waals surface area contributed by atoms with Gasteiger partial charge in [-0.1, -0.05) is 17.7 Å². The van der Waals surface area contributed by atoms with E-state index in [-0.39, 0.29) is 12.1 Å². The monoisotopic (exact) mass is 403 g/mol. The lowest BCUT2D eigenvalue weighted by Gasteiger charge is -2.37. The molecule has 4 nitrogen and oxygen atoms in total. The van der Waals surface area contributed by atoms with Gasteiger partial charge in [-0.05, 0) is 53.0 Å².